The number of allylic oxidation sites excluding steroid dienone is 2. The quantitative estimate of drug-likeness (QED) is 0.760. The Morgan fingerprint density at radius 2 is 2.25 bits per heavy atom. The number of rotatable bonds is 6. The van der Waals surface area contributed by atoms with Crippen LogP contribution >= 0.6 is 0 Å². The van der Waals surface area contributed by atoms with Crippen molar-refractivity contribution in [1.29, 1.82) is 0 Å². The third-order valence-electron chi connectivity index (χ3n) is 4.12. The molecule has 1 aliphatic carbocycles. The maximum atomic E-state index is 12.3. The number of nitrogens with one attached hydrogen (secondary N) is 1. The van der Waals surface area contributed by atoms with Crippen LogP contribution < -0.4 is 5.32 Å². The third kappa shape index (κ3) is 4.82. The summed E-state index contributed by atoms with van der Waals surface area (Å²) in [6.07, 6.45) is 11.4. The van der Waals surface area contributed by atoms with E-state index < -0.39 is 0 Å². The maximum Gasteiger partial charge on any atom is 0.317 e. The molecule has 0 aromatic rings. The van der Waals surface area contributed by atoms with Crippen molar-refractivity contribution in [1.82, 2.24) is 10.2 Å². The molecule has 2 aliphatic rings. The van der Waals surface area contributed by atoms with E-state index in [4.69, 9.17) is 4.74 Å². The molecule has 1 N–H and O–H groups in total. The Labute approximate surface area is 122 Å². The first kappa shape index (κ1) is 15.4. The van der Waals surface area contributed by atoms with E-state index in [9.17, 15) is 4.79 Å². The maximum absolute atomic E-state index is 12.3. The summed E-state index contributed by atoms with van der Waals surface area (Å²) in [6.45, 7) is 5.29. The predicted octanol–water partition coefficient (Wildman–Crippen LogP) is 2.94. The van der Waals surface area contributed by atoms with E-state index in [1.165, 1.54) is 6.42 Å². The fraction of sp³-hybridized carbons (Fsp3) is 0.812. The highest BCUT2D eigenvalue weighted by atomic mass is 16.5. The lowest BCUT2D eigenvalue weighted by Gasteiger charge is -2.30. The average Bonchev–Trinajstić information content (AvgIpc) is 2.98. The molecule has 1 fully saturated rings. The zero-order valence-electron chi connectivity index (χ0n) is 12.6. The molecule has 2 atom stereocenters. The van der Waals surface area contributed by atoms with Gasteiger partial charge in [-0.3, -0.25) is 0 Å². The number of carbonyl (C=O) groups excluding carboxylic acids is 1. The molecule has 114 valence electrons. The van der Waals surface area contributed by atoms with Gasteiger partial charge < -0.3 is 15.0 Å². The van der Waals surface area contributed by atoms with Crippen LogP contribution in [0.3, 0.4) is 0 Å². The smallest absolute Gasteiger partial charge is 0.317 e. The van der Waals surface area contributed by atoms with Gasteiger partial charge in [-0.25, -0.2) is 4.79 Å². The van der Waals surface area contributed by atoms with Gasteiger partial charge in [0.1, 0.15) is 0 Å². The number of urea groups is 1. The van der Waals surface area contributed by atoms with Gasteiger partial charge in [-0.2, -0.15) is 0 Å². The molecular weight excluding hydrogens is 252 g/mol. The molecule has 2 amide bonds. The number of nitrogens with zero attached hydrogens (tertiary/aromatic N) is 1. The van der Waals surface area contributed by atoms with E-state index in [-0.39, 0.29) is 12.1 Å². The van der Waals surface area contributed by atoms with Crippen molar-refractivity contribution >= 4 is 6.03 Å². The van der Waals surface area contributed by atoms with Crippen LogP contribution in [0.25, 0.3) is 0 Å². The second kappa shape index (κ2) is 8.30. The lowest BCUT2D eigenvalue weighted by Crippen LogP contribution is -2.46. The number of hydrogen-bond donors (Lipinski definition) is 1. The Morgan fingerprint density at radius 1 is 1.35 bits per heavy atom. The molecule has 2 unspecified atom stereocenters. The Kier molecular flexibility index (Phi) is 6.37. The molecule has 0 bridgehead atoms. The van der Waals surface area contributed by atoms with E-state index in [0.717, 1.165) is 58.3 Å². The minimum atomic E-state index is 0.0805. The first-order valence-corrected chi connectivity index (χ1v) is 8.09. The van der Waals surface area contributed by atoms with Gasteiger partial charge in [-0.15, -0.1) is 0 Å². The molecule has 0 radical (unpaired) electrons. The summed E-state index contributed by atoms with van der Waals surface area (Å²) in [6, 6.07) is 0.0805. The van der Waals surface area contributed by atoms with Crippen molar-refractivity contribution in [2.75, 3.05) is 26.2 Å². The number of ether oxygens (including phenoxy) is 1. The van der Waals surface area contributed by atoms with Crippen LogP contribution in [-0.4, -0.2) is 43.3 Å². The van der Waals surface area contributed by atoms with Gasteiger partial charge in [-0.1, -0.05) is 19.1 Å². The summed E-state index contributed by atoms with van der Waals surface area (Å²) in [7, 11) is 0. The predicted molar refractivity (Wildman–Crippen MR) is 80.7 cm³/mol. The molecule has 1 aliphatic heterocycles. The summed E-state index contributed by atoms with van der Waals surface area (Å²) in [5.41, 5.74) is 0. The van der Waals surface area contributed by atoms with Crippen molar-refractivity contribution in [2.24, 2.45) is 5.92 Å². The minimum absolute atomic E-state index is 0.0805. The Morgan fingerprint density at radius 3 is 2.90 bits per heavy atom. The van der Waals surface area contributed by atoms with Crippen LogP contribution in [0.4, 0.5) is 4.79 Å². The number of carbonyl (C=O) groups is 1. The summed E-state index contributed by atoms with van der Waals surface area (Å²) >= 11 is 0. The lowest BCUT2D eigenvalue weighted by atomic mass is 9.94. The summed E-state index contributed by atoms with van der Waals surface area (Å²) in [4.78, 5) is 14.3. The van der Waals surface area contributed by atoms with Gasteiger partial charge in [0, 0.05) is 26.2 Å². The Balaban J connectivity index is 1.87. The minimum Gasteiger partial charge on any atom is -0.376 e. The van der Waals surface area contributed by atoms with Crippen molar-refractivity contribution < 1.29 is 9.53 Å². The zero-order valence-corrected chi connectivity index (χ0v) is 12.6. The van der Waals surface area contributed by atoms with E-state index in [0.29, 0.717) is 5.92 Å². The summed E-state index contributed by atoms with van der Waals surface area (Å²) in [5, 5.41) is 3.01. The van der Waals surface area contributed by atoms with Gasteiger partial charge in [0.05, 0.1) is 6.10 Å². The van der Waals surface area contributed by atoms with Crippen LogP contribution in [0.2, 0.25) is 0 Å². The first-order valence-electron chi connectivity index (χ1n) is 8.09. The summed E-state index contributed by atoms with van der Waals surface area (Å²) < 4.78 is 5.69. The summed E-state index contributed by atoms with van der Waals surface area (Å²) in [5.74, 6) is 0.605. The third-order valence-corrected chi connectivity index (χ3v) is 4.12. The first-order chi connectivity index (χ1) is 9.79. The Hall–Kier alpha value is -1.03. The molecule has 2 rings (SSSR count). The highest BCUT2D eigenvalue weighted by Gasteiger charge is 2.24. The van der Waals surface area contributed by atoms with Gasteiger partial charge in [-0.05, 0) is 44.4 Å². The SMILES string of the molecule is CCCNC(=O)N(CC1CC=CCC1)CC1CCCO1. The van der Waals surface area contributed by atoms with Crippen molar-refractivity contribution in [3.05, 3.63) is 12.2 Å². The van der Waals surface area contributed by atoms with E-state index in [1.54, 1.807) is 0 Å². The molecule has 1 saturated heterocycles. The highest BCUT2D eigenvalue weighted by molar-refractivity contribution is 5.74. The second-order valence-corrected chi connectivity index (χ2v) is 5.92. The van der Waals surface area contributed by atoms with Crippen LogP contribution in [0.5, 0.6) is 0 Å². The second-order valence-electron chi connectivity index (χ2n) is 5.92. The van der Waals surface area contributed by atoms with Gasteiger partial charge >= 0.3 is 6.03 Å². The fourth-order valence-electron chi connectivity index (χ4n) is 2.95. The molecular formula is C16H28N2O2. The largest absolute Gasteiger partial charge is 0.376 e. The monoisotopic (exact) mass is 280 g/mol. The van der Waals surface area contributed by atoms with Crippen molar-refractivity contribution in [2.45, 2.75) is 51.6 Å². The van der Waals surface area contributed by atoms with E-state index >= 15 is 0 Å². The van der Waals surface area contributed by atoms with Crippen LogP contribution in [0.15, 0.2) is 12.2 Å². The zero-order chi connectivity index (χ0) is 14.2. The molecule has 4 nitrogen and oxygen atoms in total. The van der Waals surface area contributed by atoms with Crippen molar-refractivity contribution in [3.63, 3.8) is 0 Å². The van der Waals surface area contributed by atoms with Crippen LogP contribution in [0.1, 0.15) is 45.4 Å². The van der Waals surface area contributed by atoms with E-state index in [2.05, 4.69) is 24.4 Å². The number of amides is 2. The normalized spacial score (nSPS) is 25.6. The average molecular weight is 280 g/mol. The van der Waals surface area contributed by atoms with Crippen LogP contribution in [0, 0.1) is 5.92 Å². The Bertz CT molecular complexity index is 324. The molecule has 1 heterocycles. The molecule has 0 saturated carbocycles. The van der Waals surface area contributed by atoms with Crippen LogP contribution in [-0.2, 0) is 4.74 Å². The molecule has 20 heavy (non-hydrogen) atoms. The van der Waals surface area contributed by atoms with Gasteiger partial charge in [0.25, 0.3) is 0 Å². The van der Waals surface area contributed by atoms with Crippen molar-refractivity contribution in [3.8, 4) is 0 Å². The molecule has 0 aromatic carbocycles. The molecule has 0 aromatic heterocycles. The van der Waals surface area contributed by atoms with E-state index in [1.807, 2.05) is 4.90 Å². The lowest BCUT2D eigenvalue weighted by molar-refractivity contribution is 0.0765. The number of hydrogen-bond acceptors (Lipinski definition) is 2. The highest BCUT2D eigenvalue weighted by Crippen LogP contribution is 2.21. The fourth-order valence-corrected chi connectivity index (χ4v) is 2.95. The topological polar surface area (TPSA) is 41.6 Å². The van der Waals surface area contributed by atoms with Gasteiger partial charge in [0.2, 0.25) is 0 Å². The molecule has 0 spiro atoms. The van der Waals surface area contributed by atoms with Gasteiger partial charge in [0.15, 0.2) is 0 Å². The standard InChI is InChI=1S/C16H28N2O2/c1-2-10-17-16(19)18(13-15-9-6-11-20-15)12-14-7-4-3-5-8-14/h3-4,14-15H,2,5-13H2,1H3,(H,17,19). The molecule has 4 heteroatoms.